The molecule has 1 aliphatic rings. The number of carboxylic acid groups (broad SMARTS) is 1. The van der Waals surface area contributed by atoms with Crippen molar-refractivity contribution < 1.29 is 29.0 Å². The number of carboxylic acids is 1. The van der Waals surface area contributed by atoms with E-state index in [0.717, 1.165) is 78.8 Å². The minimum absolute atomic E-state index is 0.100. The zero-order valence-electron chi connectivity index (χ0n) is 28.2. The van der Waals surface area contributed by atoms with Crippen LogP contribution in [0.5, 0.6) is 0 Å². The Bertz CT molecular complexity index is 1490. The number of hydrogen-bond acceptors (Lipinski definition) is 10. The molecule has 0 radical (unpaired) electrons. The third-order valence-electron chi connectivity index (χ3n) is 8.21. The minimum Gasteiger partial charge on any atom is -0.480 e. The number of imidazole rings is 1. The van der Waals surface area contributed by atoms with Crippen LogP contribution >= 0.6 is 11.3 Å². The van der Waals surface area contributed by atoms with Crippen molar-refractivity contribution in [1.29, 1.82) is 0 Å². The van der Waals surface area contributed by atoms with E-state index in [0.29, 0.717) is 44.3 Å². The van der Waals surface area contributed by atoms with Crippen LogP contribution in [0, 0.1) is 0 Å². The van der Waals surface area contributed by atoms with E-state index >= 15 is 0 Å². The quantitative estimate of drug-likeness (QED) is 0.123. The SMILES string of the molecule is CCCCc1nc2c(N)nc3cc(C4CCN(CCOCCC(=O)NCCCC[C@H](NC(=O)OC(C)(C)C)C(=O)O)CC4)sc3c2[nH]1. The molecule has 4 heterocycles. The van der Waals surface area contributed by atoms with Gasteiger partial charge in [-0.2, -0.15) is 0 Å². The second kappa shape index (κ2) is 17.1. The van der Waals surface area contributed by atoms with Gasteiger partial charge in [-0.3, -0.25) is 4.79 Å². The molecule has 0 aromatic carbocycles. The Morgan fingerprint density at radius 2 is 1.94 bits per heavy atom. The highest BCUT2D eigenvalue weighted by Gasteiger charge is 2.25. The van der Waals surface area contributed by atoms with Gasteiger partial charge in [-0.25, -0.2) is 19.6 Å². The number of nitrogens with zero attached hydrogens (tertiary/aromatic N) is 3. The zero-order valence-corrected chi connectivity index (χ0v) is 29.0. The molecule has 47 heavy (non-hydrogen) atoms. The number of carbonyl (C=O) groups excluding carboxylic acids is 2. The van der Waals surface area contributed by atoms with Crippen molar-refractivity contribution in [2.24, 2.45) is 0 Å². The number of aromatic nitrogens is 3. The lowest BCUT2D eigenvalue weighted by Crippen LogP contribution is -2.43. The molecule has 1 fully saturated rings. The zero-order chi connectivity index (χ0) is 34.0. The van der Waals surface area contributed by atoms with E-state index in [1.54, 1.807) is 20.8 Å². The molecule has 3 aromatic heterocycles. The van der Waals surface area contributed by atoms with E-state index in [1.807, 2.05) is 11.3 Å². The number of alkyl carbamates (subject to hydrolysis) is 1. The second-order valence-corrected chi connectivity index (χ2v) is 14.3. The van der Waals surface area contributed by atoms with Gasteiger partial charge >= 0.3 is 12.1 Å². The summed E-state index contributed by atoms with van der Waals surface area (Å²) in [5.74, 6) is 0.736. The number of pyridine rings is 1. The molecule has 260 valence electrons. The van der Waals surface area contributed by atoms with Gasteiger partial charge in [0.1, 0.15) is 23.0 Å². The number of thiophene rings is 1. The fraction of sp³-hybridized carbons (Fsp3) is 0.667. The van der Waals surface area contributed by atoms with Crippen molar-refractivity contribution in [3.63, 3.8) is 0 Å². The van der Waals surface area contributed by atoms with E-state index in [-0.39, 0.29) is 18.7 Å². The number of piperidine rings is 1. The van der Waals surface area contributed by atoms with Gasteiger partial charge in [0, 0.05) is 30.8 Å². The molecule has 0 bridgehead atoms. The Morgan fingerprint density at radius 1 is 1.17 bits per heavy atom. The van der Waals surface area contributed by atoms with E-state index in [4.69, 9.17) is 20.2 Å². The summed E-state index contributed by atoms with van der Waals surface area (Å²) in [4.78, 5) is 52.2. The predicted octanol–water partition coefficient (Wildman–Crippen LogP) is 4.95. The smallest absolute Gasteiger partial charge is 0.408 e. The van der Waals surface area contributed by atoms with Crippen LogP contribution in [0.1, 0.15) is 95.7 Å². The number of unbranched alkanes of at least 4 members (excludes halogenated alkanes) is 2. The summed E-state index contributed by atoms with van der Waals surface area (Å²) in [6.45, 7) is 11.5. The van der Waals surface area contributed by atoms with Crippen molar-refractivity contribution in [2.75, 3.05) is 45.1 Å². The molecule has 0 aliphatic carbocycles. The van der Waals surface area contributed by atoms with Crippen molar-refractivity contribution in [2.45, 2.75) is 103 Å². The van der Waals surface area contributed by atoms with Gasteiger partial charge in [-0.1, -0.05) is 13.3 Å². The van der Waals surface area contributed by atoms with Gasteiger partial charge in [0.05, 0.1) is 28.9 Å². The molecule has 14 heteroatoms. The molecule has 1 atom stereocenters. The molecule has 0 spiro atoms. The fourth-order valence-corrected chi connectivity index (χ4v) is 6.95. The maximum absolute atomic E-state index is 12.2. The number of nitrogen functional groups attached to an aromatic ring is 1. The molecule has 13 nitrogen and oxygen atoms in total. The maximum Gasteiger partial charge on any atom is 0.408 e. The first-order chi connectivity index (χ1) is 22.4. The lowest BCUT2D eigenvalue weighted by Gasteiger charge is -2.31. The first-order valence-corrected chi connectivity index (χ1v) is 17.6. The van der Waals surface area contributed by atoms with Crippen LogP contribution in [0.15, 0.2) is 6.07 Å². The van der Waals surface area contributed by atoms with Crippen LogP contribution < -0.4 is 16.4 Å². The average Bonchev–Trinajstić information content (AvgIpc) is 3.63. The summed E-state index contributed by atoms with van der Waals surface area (Å²) in [6, 6.07) is 1.17. The average molecular weight is 674 g/mol. The molecular formula is C33H51N7O6S. The highest BCUT2D eigenvalue weighted by atomic mass is 32.1. The number of aromatic amines is 1. The van der Waals surface area contributed by atoms with Crippen LogP contribution in [0.25, 0.3) is 21.3 Å². The third-order valence-corrected chi connectivity index (χ3v) is 9.51. The monoisotopic (exact) mass is 673 g/mol. The Morgan fingerprint density at radius 3 is 2.64 bits per heavy atom. The Hall–Kier alpha value is -3.49. The van der Waals surface area contributed by atoms with Gasteiger partial charge in [0.15, 0.2) is 5.82 Å². The predicted molar refractivity (Wildman–Crippen MR) is 184 cm³/mol. The minimum atomic E-state index is -1.12. The first kappa shape index (κ1) is 36.3. The number of aliphatic carboxylic acids is 1. The topological polar surface area (TPSA) is 185 Å². The van der Waals surface area contributed by atoms with E-state index in [2.05, 4.69) is 38.5 Å². The highest BCUT2D eigenvalue weighted by molar-refractivity contribution is 7.20. The number of carbonyl (C=O) groups is 3. The van der Waals surface area contributed by atoms with E-state index < -0.39 is 23.7 Å². The number of rotatable bonds is 17. The summed E-state index contributed by atoms with van der Waals surface area (Å²) >= 11 is 1.81. The number of ether oxygens (including phenoxy) is 2. The number of hydrogen-bond donors (Lipinski definition) is 5. The van der Waals surface area contributed by atoms with Crippen LogP contribution in [0.4, 0.5) is 10.6 Å². The summed E-state index contributed by atoms with van der Waals surface area (Å²) in [5, 5.41) is 14.6. The van der Waals surface area contributed by atoms with E-state index in [1.165, 1.54) is 4.88 Å². The normalized spacial score (nSPS) is 15.2. The van der Waals surface area contributed by atoms with Gasteiger partial charge in [-0.15, -0.1) is 11.3 Å². The summed E-state index contributed by atoms with van der Waals surface area (Å²) in [7, 11) is 0. The Labute approximate surface area is 280 Å². The molecule has 1 saturated heterocycles. The highest BCUT2D eigenvalue weighted by Crippen LogP contribution is 2.39. The molecule has 0 saturated carbocycles. The molecule has 2 amide bonds. The lowest BCUT2D eigenvalue weighted by molar-refractivity contribution is -0.139. The third kappa shape index (κ3) is 11.0. The first-order valence-electron chi connectivity index (χ1n) is 16.8. The number of anilines is 1. The maximum atomic E-state index is 12.2. The standard InChI is InChI=1S/C33H51N7O6S/c1-5-6-10-25-38-27-28(39-25)30(34)36-23-20-24(47-29(23)27)21-11-15-40(16-12-21)17-19-45-18-13-26(41)35-14-8-7-9-22(31(42)43)37-32(44)46-33(2,3)4/h20-22H,5-19H2,1-4H3,(H2,34,36)(H,35,41)(H,37,44)(H,38,39)(H,42,43)/t22-/m0/s1. The summed E-state index contributed by atoms with van der Waals surface area (Å²) in [6.07, 6.45) is 6.15. The Balaban J connectivity index is 1.08. The van der Waals surface area contributed by atoms with Crippen LogP contribution in [0.3, 0.4) is 0 Å². The van der Waals surface area contributed by atoms with Gasteiger partial charge < -0.3 is 40.8 Å². The van der Waals surface area contributed by atoms with Crippen molar-refractivity contribution >= 4 is 56.4 Å². The lowest BCUT2D eigenvalue weighted by atomic mass is 9.95. The number of nitrogens with two attached hydrogens (primary N) is 1. The fourth-order valence-electron chi connectivity index (χ4n) is 5.68. The Kier molecular flexibility index (Phi) is 13.2. The second-order valence-electron chi connectivity index (χ2n) is 13.2. The number of amides is 2. The number of fused-ring (bicyclic) bond motifs is 3. The van der Waals surface area contributed by atoms with Crippen LogP contribution in [0.2, 0.25) is 0 Å². The van der Waals surface area contributed by atoms with Gasteiger partial charge in [0.25, 0.3) is 0 Å². The number of nitrogens with one attached hydrogen (secondary N) is 3. The summed E-state index contributed by atoms with van der Waals surface area (Å²) in [5.41, 5.74) is 8.30. The molecule has 6 N–H and O–H groups in total. The van der Waals surface area contributed by atoms with Crippen LogP contribution in [-0.2, 0) is 25.5 Å². The molecule has 0 unspecified atom stereocenters. The molecule has 3 aromatic rings. The van der Waals surface area contributed by atoms with Crippen molar-refractivity contribution in [3.8, 4) is 0 Å². The van der Waals surface area contributed by atoms with Crippen LogP contribution in [-0.4, -0.2) is 94.0 Å². The number of likely N-dealkylation sites (tertiary alicyclic amines) is 1. The van der Waals surface area contributed by atoms with Gasteiger partial charge in [-0.05, 0) is 84.4 Å². The van der Waals surface area contributed by atoms with E-state index in [9.17, 15) is 19.5 Å². The largest absolute Gasteiger partial charge is 0.480 e. The number of aryl methyl sites for hydroxylation is 1. The van der Waals surface area contributed by atoms with Crippen molar-refractivity contribution in [3.05, 3.63) is 16.8 Å². The van der Waals surface area contributed by atoms with Crippen molar-refractivity contribution in [1.82, 2.24) is 30.5 Å². The molecule has 4 rings (SSSR count). The van der Waals surface area contributed by atoms with Gasteiger partial charge in [0.2, 0.25) is 5.91 Å². The molecule has 1 aliphatic heterocycles. The molecular weight excluding hydrogens is 622 g/mol. The summed E-state index contributed by atoms with van der Waals surface area (Å²) < 4.78 is 12.0. The number of H-pyrrole nitrogens is 1.